The maximum atomic E-state index is 12.9. The molecule has 3 aliphatic heterocycles. The second kappa shape index (κ2) is 15.2. The number of carbonyl (C=O) groups excluding carboxylic acids is 1. The van der Waals surface area contributed by atoms with E-state index in [0.717, 1.165) is 6.07 Å². The van der Waals surface area contributed by atoms with Crippen LogP contribution in [0.2, 0.25) is 0 Å². The molecule has 2 aromatic carbocycles. The van der Waals surface area contributed by atoms with Crippen LogP contribution in [0.4, 0.5) is 0 Å². The lowest BCUT2D eigenvalue weighted by Gasteiger charge is -2.42. The fourth-order valence-electron chi connectivity index (χ4n) is 5.20. The van der Waals surface area contributed by atoms with E-state index in [-0.39, 0.29) is 35.0 Å². The summed E-state index contributed by atoms with van der Waals surface area (Å²) in [7, 11) is -3.99. The lowest BCUT2D eigenvalue weighted by molar-refractivity contribution is -0.432. The molecule has 0 saturated carbocycles. The molecule has 0 radical (unpaired) electrons. The molecule has 19 nitrogen and oxygen atoms in total. The normalized spacial score (nSPS) is 33.5. The van der Waals surface area contributed by atoms with Crippen molar-refractivity contribution in [1.29, 1.82) is 0 Å². The van der Waals surface area contributed by atoms with Crippen LogP contribution in [0, 0.1) is 0 Å². The summed E-state index contributed by atoms with van der Waals surface area (Å²) in [5.41, 5.74) is 0.373. The van der Waals surface area contributed by atoms with Crippen LogP contribution in [-0.4, -0.2) is 122 Å². The van der Waals surface area contributed by atoms with Gasteiger partial charge in [-0.3, -0.25) is 4.79 Å². The van der Waals surface area contributed by atoms with Gasteiger partial charge < -0.3 is 88.5 Å². The standard InChI is InChI=1S/C28H34O15.H3O4P/c1-10-21(32)23(34)25(36)27(40-10)39-9-19-22(33)24(35)26(37)28(43-19)41-12-6-14(30)20-15(31)8-17(42-18(20)7-12)11-3-4-16(38-2)13(29)5-11;1-5(2,3)4/h3-7,10,17,19,21-30,32-37H,8-9H2,1-2H3;(H3,1,2,3,4)/p-3/t10-,17-,19+,21-,22+,23+,24-,25+,26+,27+,28+;/m0./s1. The Labute approximate surface area is 271 Å². The summed E-state index contributed by atoms with van der Waals surface area (Å²) in [5.74, 6) is -0.999. The number of phosphoric acid groups is 1. The van der Waals surface area contributed by atoms with Crippen molar-refractivity contribution in [1.82, 2.24) is 0 Å². The van der Waals surface area contributed by atoms with E-state index in [4.69, 9.17) is 47.7 Å². The minimum absolute atomic E-state index is 0.0457. The Morgan fingerprint density at radius 1 is 0.854 bits per heavy atom. The quantitative estimate of drug-likeness (QED) is 0.127. The molecule has 268 valence electrons. The molecule has 2 aromatic rings. The van der Waals surface area contributed by atoms with Crippen molar-refractivity contribution in [3.63, 3.8) is 0 Å². The number of ketones is 1. The molecule has 0 aliphatic carbocycles. The zero-order chi connectivity index (χ0) is 35.7. The van der Waals surface area contributed by atoms with Crippen molar-refractivity contribution in [2.75, 3.05) is 13.7 Å². The first-order valence-corrected chi connectivity index (χ1v) is 15.7. The zero-order valence-corrected chi connectivity index (χ0v) is 26.1. The van der Waals surface area contributed by atoms with Gasteiger partial charge in [-0.25, -0.2) is 0 Å². The van der Waals surface area contributed by atoms with Gasteiger partial charge in [0.25, 0.3) is 0 Å². The largest absolute Gasteiger partial charge is 0.822 e. The third-order valence-electron chi connectivity index (χ3n) is 7.70. The first-order valence-electron chi connectivity index (χ1n) is 14.2. The number of fused-ring (bicyclic) bond motifs is 1. The van der Waals surface area contributed by atoms with Crippen LogP contribution in [0.5, 0.6) is 28.7 Å². The van der Waals surface area contributed by atoms with Crippen LogP contribution in [0.25, 0.3) is 0 Å². The smallest absolute Gasteiger partial charge is 0.229 e. The van der Waals surface area contributed by atoms with Crippen molar-refractivity contribution in [3.8, 4) is 28.7 Å². The highest BCUT2D eigenvalue weighted by molar-refractivity contribution is 7.40. The molecule has 8 N–H and O–H groups in total. The second-order valence-electron chi connectivity index (χ2n) is 11.1. The van der Waals surface area contributed by atoms with Gasteiger partial charge in [-0.1, -0.05) is 6.07 Å². The van der Waals surface area contributed by atoms with Crippen molar-refractivity contribution in [2.45, 2.75) is 80.9 Å². The number of ether oxygens (including phenoxy) is 6. The van der Waals surface area contributed by atoms with Crippen molar-refractivity contribution < 1.29 is 93.3 Å². The number of aliphatic hydroxyl groups excluding tert-OH is 6. The molecule has 3 heterocycles. The minimum atomic E-state index is -5.39. The van der Waals surface area contributed by atoms with Crippen LogP contribution in [-0.2, 0) is 18.8 Å². The molecule has 0 spiro atoms. The molecule has 2 fully saturated rings. The maximum Gasteiger partial charge on any atom is 0.229 e. The molecular formula is C28H34O19P-3. The van der Waals surface area contributed by atoms with Crippen LogP contribution in [0.15, 0.2) is 30.3 Å². The fraction of sp³-hybridized carbons (Fsp3) is 0.536. The number of methoxy groups -OCH3 is 1. The first kappa shape index (κ1) is 37.7. The number of aromatic hydroxyl groups is 2. The van der Waals surface area contributed by atoms with Gasteiger partial charge in [0.15, 0.2) is 23.6 Å². The van der Waals surface area contributed by atoms with E-state index in [1.54, 1.807) is 6.07 Å². The number of phenolic OH excluding ortho intramolecular Hbond substituents is 2. The van der Waals surface area contributed by atoms with Crippen LogP contribution < -0.4 is 28.9 Å². The van der Waals surface area contributed by atoms with Crippen molar-refractivity contribution >= 4 is 13.6 Å². The molecule has 0 unspecified atom stereocenters. The second-order valence-corrected chi connectivity index (χ2v) is 12.0. The average molecular weight is 706 g/mol. The van der Waals surface area contributed by atoms with Gasteiger partial charge in [0.05, 0.1) is 26.2 Å². The Morgan fingerprint density at radius 2 is 1.48 bits per heavy atom. The number of benzene rings is 2. The number of hydrogen-bond donors (Lipinski definition) is 8. The Balaban J connectivity index is 0.000000968. The average Bonchev–Trinajstić information content (AvgIpc) is 3.00. The van der Waals surface area contributed by atoms with E-state index in [2.05, 4.69) is 0 Å². The predicted octanol–water partition coefficient (Wildman–Crippen LogP) is -3.98. The Hall–Kier alpha value is -3.14. The molecule has 0 aromatic heterocycles. The van der Waals surface area contributed by atoms with Gasteiger partial charge in [0.2, 0.25) is 6.29 Å². The zero-order valence-electron chi connectivity index (χ0n) is 25.2. The van der Waals surface area contributed by atoms with E-state index in [9.17, 15) is 45.6 Å². The van der Waals surface area contributed by atoms with Crippen molar-refractivity contribution in [2.24, 2.45) is 0 Å². The Morgan fingerprint density at radius 3 is 2.10 bits per heavy atom. The number of phenols is 2. The molecule has 0 amide bonds. The van der Waals surface area contributed by atoms with Crippen molar-refractivity contribution in [3.05, 3.63) is 41.5 Å². The van der Waals surface area contributed by atoms with Crippen LogP contribution >= 0.6 is 7.82 Å². The van der Waals surface area contributed by atoms with Crippen LogP contribution in [0.3, 0.4) is 0 Å². The number of aliphatic hydroxyl groups is 6. The highest BCUT2D eigenvalue weighted by atomic mass is 31.2. The summed E-state index contributed by atoms with van der Waals surface area (Å²) in [6, 6.07) is 6.90. The topological polar surface area (TPSA) is 321 Å². The maximum absolute atomic E-state index is 12.9. The molecular weight excluding hydrogens is 671 g/mol. The van der Waals surface area contributed by atoms with Gasteiger partial charge in [0.1, 0.15) is 71.6 Å². The predicted molar refractivity (Wildman–Crippen MR) is 148 cm³/mol. The number of hydrogen-bond acceptors (Lipinski definition) is 19. The van der Waals surface area contributed by atoms with E-state index in [1.165, 1.54) is 32.2 Å². The molecule has 2 saturated heterocycles. The van der Waals surface area contributed by atoms with Gasteiger partial charge in [-0.15, -0.1) is 0 Å². The van der Waals surface area contributed by atoms with E-state index in [0.29, 0.717) is 5.56 Å². The molecule has 3 aliphatic rings. The Kier molecular flexibility index (Phi) is 11.9. The Bertz CT molecular complexity index is 1470. The van der Waals surface area contributed by atoms with E-state index in [1.807, 2.05) is 0 Å². The number of carbonyl (C=O) groups is 1. The molecule has 20 heteroatoms. The fourth-order valence-corrected chi connectivity index (χ4v) is 5.20. The number of rotatable bonds is 7. The van der Waals surface area contributed by atoms with Crippen LogP contribution in [0.1, 0.15) is 35.4 Å². The summed E-state index contributed by atoms with van der Waals surface area (Å²) in [4.78, 5) is 38.5. The lowest BCUT2D eigenvalue weighted by Crippen LogP contribution is -2.61. The van der Waals surface area contributed by atoms with Gasteiger partial charge in [-0.05, 0) is 24.6 Å². The first-order chi connectivity index (χ1) is 22.4. The molecule has 0 bridgehead atoms. The molecule has 48 heavy (non-hydrogen) atoms. The number of Topliss-reactive ketones (excluding diaryl/α,β-unsaturated/α-hetero) is 1. The highest BCUT2D eigenvalue weighted by Gasteiger charge is 2.47. The van der Waals surface area contributed by atoms with Gasteiger partial charge >= 0.3 is 0 Å². The van der Waals surface area contributed by atoms with E-state index < -0.39 is 93.5 Å². The third kappa shape index (κ3) is 8.71. The summed E-state index contributed by atoms with van der Waals surface area (Å²) in [6.07, 6.45) is -15.9. The monoisotopic (exact) mass is 705 g/mol. The molecule has 11 atom stereocenters. The summed E-state index contributed by atoms with van der Waals surface area (Å²) in [6.45, 7) is 0.964. The van der Waals surface area contributed by atoms with Gasteiger partial charge in [-0.2, -0.15) is 7.82 Å². The third-order valence-corrected chi connectivity index (χ3v) is 7.70. The minimum Gasteiger partial charge on any atom is -0.822 e. The summed E-state index contributed by atoms with van der Waals surface area (Å²) >= 11 is 0. The van der Waals surface area contributed by atoms with E-state index >= 15 is 0 Å². The van der Waals surface area contributed by atoms with Gasteiger partial charge in [0, 0.05) is 12.1 Å². The molecule has 5 rings (SSSR count). The lowest BCUT2D eigenvalue weighted by atomic mass is 9.95. The SMILES string of the molecule is COc1ccc([C@@H]2CC(=O)c3c(O)cc(O[C@@H]4O[C@H](CO[C@@H]5O[C@@H](C)[C@H](O)[C@@H](O)[C@H]5O)[C@@H](O)[C@H](O)[C@H]4O)cc3O2)cc1O.O=P([O-])([O-])[O-]. The highest BCUT2D eigenvalue weighted by Crippen LogP contribution is 2.43. The summed E-state index contributed by atoms with van der Waals surface area (Å²) < 4.78 is 41.7. The summed E-state index contributed by atoms with van der Waals surface area (Å²) in [5, 5.41) is 82.2.